The number of aromatic nitrogens is 4. The highest BCUT2D eigenvalue weighted by Crippen LogP contribution is 2.54. The van der Waals surface area contributed by atoms with Crippen LogP contribution >= 0.6 is 0 Å². The van der Waals surface area contributed by atoms with E-state index in [0.717, 1.165) is 11.0 Å². The van der Waals surface area contributed by atoms with Gasteiger partial charge in [-0.3, -0.25) is 4.79 Å². The number of para-hydroxylation sites is 3. The summed E-state index contributed by atoms with van der Waals surface area (Å²) in [6, 6.07) is 14.7. The summed E-state index contributed by atoms with van der Waals surface area (Å²) in [5, 5.41) is 7.53. The third-order valence-corrected chi connectivity index (χ3v) is 6.20. The van der Waals surface area contributed by atoms with Gasteiger partial charge in [-0.2, -0.15) is 9.78 Å². The first kappa shape index (κ1) is 20.0. The van der Waals surface area contributed by atoms with Crippen molar-refractivity contribution in [2.75, 3.05) is 11.9 Å². The molecule has 170 valence electrons. The molecule has 2 aliphatic rings. The molecule has 34 heavy (non-hydrogen) atoms. The second kappa shape index (κ2) is 6.95. The second-order valence-corrected chi connectivity index (χ2v) is 8.07. The number of aromatic amines is 1. The Balaban J connectivity index is 1.67. The Morgan fingerprint density at radius 1 is 1.21 bits per heavy atom. The van der Waals surface area contributed by atoms with Crippen molar-refractivity contribution in [2.24, 2.45) is 5.73 Å². The largest absolute Gasteiger partial charge is 0.462 e. The van der Waals surface area contributed by atoms with E-state index < -0.39 is 17.3 Å². The highest BCUT2D eigenvalue weighted by molar-refractivity contribution is 6.17. The fraction of sp³-hybridized carbons (Fsp3) is 0.167. The van der Waals surface area contributed by atoms with E-state index >= 15 is 0 Å². The minimum absolute atomic E-state index is 0.0726. The molecule has 2 aliphatic heterocycles. The smallest absolute Gasteiger partial charge is 0.341 e. The molecule has 1 spiro atoms. The van der Waals surface area contributed by atoms with Gasteiger partial charge in [0.05, 0.1) is 28.9 Å². The number of hydrogen-bond donors (Lipinski definition) is 3. The van der Waals surface area contributed by atoms with Crippen LogP contribution in [0.2, 0.25) is 0 Å². The minimum atomic E-state index is -1.59. The van der Waals surface area contributed by atoms with Gasteiger partial charge in [0.1, 0.15) is 11.0 Å². The van der Waals surface area contributed by atoms with Gasteiger partial charge in [0, 0.05) is 11.3 Å². The number of esters is 1. The Morgan fingerprint density at radius 2 is 1.97 bits per heavy atom. The van der Waals surface area contributed by atoms with E-state index in [-0.39, 0.29) is 23.9 Å². The first-order chi connectivity index (χ1) is 16.5. The number of H-pyrrole nitrogens is 1. The standard InChI is InChI=1S/C24H20N6O4/c1-3-33-21(31)18-19(25)34-20-17(24(18)13-8-4-5-9-14(13)26-22(24)32)12(2)29-30(20)23-27-15-10-6-7-11-16(15)28-23/h4-11H,3,25H2,1-2H3,(H,26,32)(H,27,28). The molecule has 0 aliphatic carbocycles. The molecule has 10 nitrogen and oxygen atoms in total. The summed E-state index contributed by atoms with van der Waals surface area (Å²) in [4.78, 5) is 34.7. The monoisotopic (exact) mass is 456 g/mol. The molecule has 1 amide bonds. The van der Waals surface area contributed by atoms with Crippen LogP contribution in [-0.2, 0) is 19.7 Å². The fourth-order valence-corrected chi connectivity index (χ4v) is 4.89. The lowest BCUT2D eigenvalue weighted by atomic mass is 9.68. The number of nitrogens with zero attached hydrogens (tertiary/aromatic N) is 3. The highest BCUT2D eigenvalue weighted by atomic mass is 16.5. The van der Waals surface area contributed by atoms with Crippen molar-refractivity contribution in [3.8, 4) is 11.8 Å². The van der Waals surface area contributed by atoms with Gasteiger partial charge in [-0.25, -0.2) is 9.78 Å². The topological polar surface area (TPSA) is 137 Å². The number of amides is 1. The number of nitrogens with one attached hydrogen (secondary N) is 2. The van der Waals surface area contributed by atoms with Crippen LogP contribution in [0.5, 0.6) is 5.88 Å². The maximum atomic E-state index is 13.7. The number of imidazole rings is 1. The zero-order chi connectivity index (χ0) is 23.6. The van der Waals surface area contributed by atoms with Crippen molar-refractivity contribution < 1.29 is 19.1 Å². The second-order valence-electron chi connectivity index (χ2n) is 8.07. The Bertz CT molecular complexity index is 1520. The lowest BCUT2D eigenvalue weighted by molar-refractivity contribution is -0.140. The predicted molar refractivity (Wildman–Crippen MR) is 122 cm³/mol. The van der Waals surface area contributed by atoms with Crippen molar-refractivity contribution in [3.63, 3.8) is 0 Å². The van der Waals surface area contributed by atoms with Gasteiger partial charge in [0.2, 0.25) is 23.6 Å². The van der Waals surface area contributed by atoms with Gasteiger partial charge in [-0.1, -0.05) is 30.3 Å². The fourth-order valence-electron chi connectivity index (χ4n) is 4.89. The van der Waals surface area contributed by atoms with Crippen LogP contribution in [0.4, 0.5) is 5.69 Å². The summed E-state index contributed by atoms with van der Waals surface area (Å²) in [5.41, 5.74) is 8.26. The Morgan fingerprint density at radius 3 is 2.76 bits per heavy atom. The van der Waals surface area contributed by atoms with Crippen molar-refractivity contribution >= 4 is 28.6 Å². The molecule has 4 aromatic rings. The number of ether oxygens (including phenoxy) is 2. The summed E-state index contributed by atoms with van der Waals surface area (Å²) < 4.78 is 12.8. The lowest BCUT2D eigenvalue weighted by Crippen LogP contribution is -2.46. The Kier molecular flexibility index (Phi) is 4.09. The first-order valence-corrected chi connectivity index (χ1v) is 10.8. The van der Waals surface area contributed by atoms with E-state index in [0.29, 0.717) is 28.5 Å². The molecular weight excluding hydrogens is 436 g/mol. The van der Waals surface area contributed by atoms with Gasteiger partial charge in [0.15, 0.2) is 0 Å². The van der Waals surface area contributed by atoms with Crippen LogP contribution in [0.1, 0.15) is 23.7 Å². The molecule has 0 radical (unpaired) electrons. The zero-order valence-corrected chi connectivity index (χ0v) is 18.4. The average molecular weight is 456 g/mol. The molecule has 0 saturated heterocycles. The molecule has 4 heterocycles. The van der Waals surface area contributed by atoms with E-state index in [9.17, 15) is 9.59 Å². The third kappa shape index (κ3) is 2.44. The maximum absolute atomic E-state index is 13.7. The van der Waals surface area contributed by atoms with Crippen molar-refractivity contribution in [3.05, 3.63) is 76.8 Å². The summed E-state index contributed by atoms with van der Waals surface area (Å²) in [6.45, 7) is 3.55. The van der Waals surface area contributed by atoms with Crippen LogP contribution in [0.3, 0.4) is 0 Å². The molecular formula is C24H20N6O4. The lowest BCUT2D eigenvalue weighted by Gasteiger charge is -2.33. The van der Waals surface area contributed by atoms with Gasteiger partial charge < -0.3 is 25.5 Å². The van der Waals surface area contributed by atoms with Crippen molar-refractivity contribution in [2.45, 2.75) is 19.3 Å². The normalized spacial score (nSPS) is 18.6. The van der Waals surface area contributed by atoms with Crippen LogP contribution in [0, 0.1) is 6.92 Å². The predicted octanol–water partition coefficient (Wildman–Crippen LogP) is 2.42. The van der Waals surface area contributed by atoms with E-state index in [1.165, 1.54) is 4.68 Å². The van der Waals surface area contributed by atoms with Gasteiger partial charge in [0.25, 0.3) is 0 Å². The summed E-state index contributed by atoms with van der Waals surface area (Å²) >= 11 is 0. The third-order valence-electron chi connectivity index (χ3n) is 6.20. The molecule has 0 fully saturated rings. The molecule has 1 unspecified atom stereocenters. The molecule has 6 rings (SSSR count). The number of benzene rings is 2. The van der Waals surface area contributed by atoms with Crippen LogP contribution < -0.4 is 15.8 Å². The Hall–Kier alpha value is -4.60. The van der Waals surface area contributed by atoms with Gasteiger partial charge in [-0.15, -0.1) is 0 Å². The number of carbonyl (C=O) groups excluding carboxylic acids is 2. The first-order valence-electron chi connectivity index (χ1n) is 10.8. The average Bonchev–Trinajstić information content (AvgIpc) is 3.47. The number of nitrogens with two attached hydrogens (primary N) is 1. The highest BCUT2D eigenvalue weighted by Gasteiger charge is 2.60. The molecule has 0 saturated carbocycles. The number of fused-ring (bicyclic) bond motifs is 5. The molecule has 1 atom stereocenters. The number of rotatable bonds is 3. The number of hydrogen-bond acceptors (Lipinski definition) is 7. The quantitative estimate of drug-likeness (QED) is 0.403. The van der Waals surface area contributed by atoms with Gasteiger partial charge in [-0.05, 0) is 32.0 Å². The number of carbonyl (C=O) groups is 2. The number of anilines is 1. The van der Waals surface area contributed by atoms with Crippen LogP contribution in [0.25, 0.3) is 17.0 Å². The summed E-state index contributed by atoms with van der Waals surface area (Å²) in [7, 11) is 0. The van der Waals surface area contributed by atoms with Crippen molar-refractivity contribution in [1.82, 2.24) is 19.7 Å². The van der Waals surface area contributed by atoms with Crippen LogP contribution in [-0.4, -0.2) is 38.2 Å². The summed E-state index contributed by atoms with van der Waals surface area (Å²) in [5.74, 6) is -0.798. The maximum Gasteiger partial charge on any atom is 0.341 e. The zero-order valence-electron chi connectivity index (χ0n) is 18.4. The molecule has 4 N–H and O–H groups in total. The molecule has 2 aromatic heterocycles. The van der Waals surface area contributed by atoms with Gasteiger partial charge >= 0.3 is 5.97 Å². The molecule has 10 heteroatoms. The van der Waals surface area contributed by atoms with E-state index in [1.54, 1.807) is 38.1 Å². The van der Waals surface area contributed by atoms with Crippen LogP contribution in [0.15, 0.2) is 60.0 Å². The van der Waals surface area contributed by atoms with Crippen molar-refractivity contribution in [1.29, 1.82) is 0 Å². The minimum Gasteiger partial charge on any atom is -0.462 e. The van der Waals surface area contributed by atoms with E-state index in [2.05, 4.69) is 20.4 Å². The SMILES string of the molecule is CCOC(=O)C1=C(N)Oc2c(c(C)nn2-c2nc3ccccc3[nH]2)C12C(=O)Nc1ccccc12. The molecule has 2 aromatic carbocycles. The summed E-state index contributed by atoms with van der Waals surface area (Å²) in [6.07, 6.45) is 0. The molecule has 0 bridgehead atoms. The number of aryl methyl sites for hydroxylation is 1. The Labute approximate surface area is 193 Å². The van der Waals surface area contributed by atoms with E-state index in [1.807, 2.05) is 24.3 Å². The van der Waals surface area contributed by atoms with E-state index in [4.69, 9.17) is 15.2 Å².